The Bertz CT molecular complexity index is 1240. The van der Waals surface area contributed by atoms with Gasteiger partial charge in [0.25, 0.3) is 5.91 Å². The van der Waals surface area contributed by atoms with E-state index in [-0.39, 0.29) is 5.91 Å². The number of carbonyl (C=O) groups is 1. The number of hydrogen-bond donors (Lipinski definition) is 1. The number of nitrogens with zero attached hydrogens (tertiary/aromatic N) is 4. The minimum absolute atomic E-state index is 0.127. The van der Waals surface area contributed by atoms with Gasteiger partial charge in [-0.25, -0.2) is 4.98 Å². The molecule has 5 rings (SSSR count). The number of aromatic nitrogens is 2. The van der Waals surface area contributed by atoms with Crippen LogP contribution in [0.15, 0.2) is 48.5 Å². The SMILES string of the molecule is COc1ccc(CN2CCCCC3CCCN(C3)c3cc(C)ccc3C(=O)Nc3cc(C)nc2n3)cc1. The monoisotopic (exact) mass is 499 g/mol. The number of ether oxygens (including phenoxy) is 1. The first kappa shape index (κ1) is 25.1. The van der Waals surface area contributed by atoms with Crippen molar-refractivity contribution < 1.29 is 9.53 Å². The molecule has 3 heterocycles. The molecular weight excluding hydrogens is 462 g/mol. The van der Waals surface area contributed by atoms with Gasteiger partial charge in [0.15, 0.2) is 0 Å². The molecule has 1 saturated heterocycles. The van der Waals surface area contributed by atoms with Crippen molar-refractivity contribution in [2.75, 3.05) is 41.9 Å². The van der Waals surface area contributed by atoms with E-state index in [0.29, 0.717) is 29.8 Å². The summed E-state index contributed by atoms with van der Waals surface area (Å²) < 4.78 is 5.33. The van der Waals surface area contributed by atoms with Gasteiger partial charge in [0.05, 0.1) is 12.7 Å². The van der Waals surface area contributed by atoms with Gasteiger partial charge in [-0.1, -0.05) is 24.6 Å². The molecule has 0 aliphatic carbocycles. The summed E-state index contributed by atoms with van der Waals surface area (Å²) in [4.78, 5) is 27.8. The highest BCUT2D eigenvalue weighted by Gasteiger charge is 2.25. The molecule has 1 amide bonds. The van der Waals surface area contributed by atoms with Crippen LogP contribution in [0.3, 0.4) is 0 Å². The summed E-state index contributed by atoms with van der Waals surface area (Å²) >= 11 is 0. The van der Waals surface area contributed by atoms with Crippen molar-refractivity contribution in [2.24, 2.45) is 5.92 Å². The van der Waals surface area contributed by atoms with Gasteiger partial charge in [0.2, 0.25) is 5.95 Å². The van der Waals surface area contributed by atoms with Gasteiger partial charge < -0.3 is 19.9 Å². The molecule has 37 heavy (non-hydrogen) atoms. The van der Waals surface area contributed by atoms with Crippen molar-refractivity contribution in [3.8, 4) is 5.75 Å². The first-order valence-electron chi connectivity index (χ1n) is 13.4. The Labute approximate surface area is 219 Å². The van der Waals surface area contributed by atoms with E-state index in [1.54, 1.807) is 7.11 Å². The lowest BCUT2D eigenvalue weighted by molar-refractivity contribution is 0.102. The Kier molecular flexibility index (Phi) is 7.58. The molecule has 1 unspecified atom stereocenters. The van der Waals surface area contributed by atoms with Crippen LogP contribution < -0.4 is 19.9 Å². The lowest BCUT2D eigenvalue weighted by atomic mass is 9.91. The molecule has 194 valence electrons. The maximum Gasteiger partial charge on any atom is 0.258 e. The highest BCUT2D eigenvalue weighted by atomic mass is 16.5. The van der Waals surface area contributed by atoms with Crippen LogP contribution in [0.4, 0.5) is 17.5 Å². The van der Waals surface area contributed by atoms with Gasteiger partial charge in [-0.05, 0) is 80.8 Å². The molecule has 4 bridgehead atoms. The van der Waals surface area contributed by atoms with E-state index in [1.165, 1.54) is 24.0 Å². The third kappa shape index (κ3) is 6.04. The predicted octanol–water partition coefficient (Wildman–Crippen LogP) is 5.76. The van der Waals surface area contributed by atoms with E-state index in [1.807, 2.05) is 37.3 Å². The normalized spacial score (nSPS) is 18.4. The number of hydrogen-bond acceptors (Lipinski definition) is 6. The highest BCUT2D eigenvalue weighted by molar-refractivity contribution is 6.08. The maximum atomic E-state index is 13.5. The van der Waals surface area contributed by atoms with Crippen molar-refractivity contribution in [2.45, 2.75) is 52.5 Å². The maximum absolute atomic E-state index is 13.5. The summed E-state index contributed by atoms with van der Waals surface area (Å²) in [6.45, 7) is 7.59. The van der Waals surface area contributed by atoms with Crippen molar-refractivity contribution in [1.29, 1.82) is 0 Å². The zero-order chi connectivity index (χ0) is 25.8. The van der Waals surface area contributed by atoms with Crippen LogP contribution >= 0.6 is 0 Å². The number of fused-ring (bicyclic) bond motifs is 6. The van der Waals surface area contributed by atoms with E-state index >= 15 is 0 Å². The van der Waals surface area contributed by atoms with Gasteiger partial charge in [0, 0.05) is 43.6 Å². The molecule has 7 heteroatoms. The smallest absolute Gasteiger partial charge is 0.258 e. The van der Waals surface area contributed by atoms with Gasteiger partial charge in [-0.15, -0.1) is 0 Å². The van der Waals surface area contributed by atoms with Gasteiger partial charge in [-0.2, -0.15) is 4.98 Å². The first-order valence-corrected chi connectivity index (χ1v) is 13.4. The number of methoxy groups -OCH3 is 1. The fourth-order valence-electron chi connectivity index (χ4n) is 5.49. The highest BCUT2D eigenvalue weighted by Crippen LogP contribution is 2.31. The van der Waals surface area contributed by atoms with Crippen LogP contribution in [0.5, 0.6) is 5.75 Å². The van der Waals surface area contributed by atoms with E-state index < -0.39 is 0 Å². The second-order valence-electron chi connectivity index (χ2n) is 10.4. The molecule has 1 atom stereocenters. The van der Waals surface area contributed by atoms with Crippen LogP contribution in [-0.4, -0.2) is 42.6 Å². The standard InChI is InChI=1S/C30H37N5O2/c1-21-9-14-26-27(17-21)34-16-6-8-23(19-34)7-4-5-15-35(20-24-10-12-25(37-3)13-11-24)30-31-22(2)18-28(33-30)32-29(26)36/h9-14,17-18,23H,4-8,15-16,19-20H2,1-3H3,(H,31,32,33,36). The Balaban J connectivity index is 1.49. The van der Waals surface area contributed by atoms with Crippen LogP contribution in [0.2, 0.25) is 0 Å². The molecule has 7 nitrogen and oxygen atoms in total. The number of benzene rings is 2. The molecule has 2 aromatic carbocycles. The van der Waals surface area contributed by atoms with Crippen molar-refractivity contribution in [3.05, 3.63) is 70.9 Å². The summed E-state index contributed by atoms with van der Waals surface area (Å²) in [5, 5.41) is 3.08. The van der Waals surface area contributed by atoms with E-state index in [9.17, 15) is 4.79 Å². The quantitative estimate of drug-likeness (QED) is 0.494. The van der Waals surface area contributed by atoms with Crippen LogP contribution in [0.25, 0.3) is 0 Å². The number of amides is 1. The van der Waals surface area contributed by atoms with Gasteiger partial charge in [-0.3, -0.25) is 4.79 Å². The average Bonchev–Trinajstić information content (AvgIpc) is 2.90. The molecule has 2 aliphatic heterocycles. The van der Waals surface area contributed by atoms with E-state index in [4.69, 9.17) is 14.7 Å². The minimum atomic E-state index is -0.127. The second-order valence-corrected chi connectivity index (χ2v) is 10.4. The number of anilines is 3. The molecule has 2 aliphatic rings. The Morgan fingerprint density at radius 3 is 2.59 bits per heavy atom. The van der Waals surface area contributed by atoms with Gasteiger partial charge >= 0.3 is 0 Å². The predicted molar refractivity (Wildman–Crippen MR) is 149 cm³/mol. The third-order valence-electron chi connectivity index (χ3n) is 7.45. The first-order chi connectivity index (χ1) is 18.0. The van der Waals surface area contributed by atoms with Gasteiger partial charge in [0.1, 0.15) is 11.6 Å². The molecule has 1 aromatic heterocycles. The Morgan fingerprint density at radius 1 is 0.973 bits per heavy atom. The number of piperidine rings is 1. The van der Waals surface area contributed by atoms with Crippen molar-refractivity contribution in [3.63, 3.8) is 0 Å². The molecule has 1 fully saturated rings. The number of rotatable bonds is 3. The number of nitrogens with one attached hydrogen (secondary N) is 1. The third-order valence-corrected chi connectivity index (χ3v) is 7.45. The summed E-state index contributed by atoms with van der Waals surface area (Å²) in [7, 11) is 1.68. The van der Waals surface area contributed by atoms with E-state index in [0.717, 1.165) is 56.0 Å². The fraction of sp³-hybridized carbons (Fsp3) is 0.433. The number of carbonyl (C=O) groups excluding carboxylic acids is 1. The summed E-state index contributed by atoms with van der Waals surface area (Å²) in [6.07, 6.45) is 5.84. The lowest BCUT2D eigenvalue weighted by Gasteiger charge is -2.35. The molecular formula is C30H37N5O2. The number of aryl methyl sites for hydroxylation is 2. The summed E-state index contributed by atoms with van der Waals surface area (Å²) in [5.74, 6) is 2.54. The van der Waals surface area contributed by atoms with Crippen LogP contribution in [0, 0.1) is 19.8 Å². The summed E-state index contributed by atoms with van der Waals surface area (Å²) in [6, 6.07) is 16.1. The molecule has 1 N–H and O–H groups in total. The Hall–Kier alpha value is -3.61. The lowest BCUT2D eigenvalue weighted by Crippen LogP contribution is -2.36. The second kappa shape index (κ2) is 11.2. The minimum Gasteiger partial charge on any atom is -0.497 e. The van der Waals surface area contributed by atoms with Crippen molar-refractivity contribution in [1.82, 2.24) is 9.97 Å². The molecule has 0 saturated carbocycles. The zero-order valence-corrected chi connectivity index (χ0v) is 22.2. The van der Waals surface area contributed by atoms with Crippen molar-refractivity contribution >= 4 is 23.4 Å². The summed E-state index contributed by atoms with van der Waals surface area (Å²) in [5.41, 5.74) is 4.90. The van der Waals surface area contributed by atoms with Crippen LogP contribution in [0.1, 0.15) is 59.3 Å². The largest absolute Gasteiger partial charge is 0.497 e. The fourth-order valence-corrected chi connectivity index (χ4v) is 5.49. The molecule has 0 spiro atoms. The zero-order valence-electron chi connectivity index (χ0n) is 22.2. The average molecular weight is 500 g/mol. The van der Waals surface area contributed by atoms with E-state index in [2.05, 4.69) is 40.2 Å². The topological polar surface area (TPSA) is 70.6 Å². The molecule has 3 aromatic rings. The Morgan fingerprint density at radius 2 is 1.78 bits per heavy atom. The van der Waals surface area contributed by atoms with Crippen LogP contribution in [-0.2, 0) is 6.54 Å². The molecule has 0 radical (unpaired) electrons.